The standard InChI is InChI=1S/C15H27N3O2/c1-3-6-18-11-13(10-14(18)19)9-12(2)4-7-17-8-5-16-15(17)20/h12-13H,3-11H2,1-2H3,(H,16,20). The molecule has 0 spiro atoms. The van der Waals surface area contributed by atoms with Crippen molar-refractivity contribution in [3.8, 4) is 0 Å². The Morgan fingerprint density at radius 1 is 1.30 bits per heavy atom. The molecular weight excluding hydrogens is 254 g/mol. The molecule has 2 rings (SSSR count). The summed E-state index contributed by atoms with van der Waals surface area (Å²) < 4.78 is 0. The lowest BCUT2D eigenvalue weighted by atomic mass is 9.92. The zero-order valence-electron chi connectivity index (χ0n) is 12.7. The molecule has 114 valence electrons. The number of hydrogen-bond acceptors (Lipinski definition) is 2. The van der Waals surface area contributed by atoms with Crippen molar-refractivity contribution in [1.82, 2.24) is 15.1 Å². The van der Waals surface area contributed by atoms with E-state index in [1.54, 1.807) is 0 Å². The predicted molar refractivity (Wildman–Crippen MR) is 78.3 cm³/mol. The predicted octanol–water partition coefficient (Wildman–Crippen LogP) is 1.69. The lowest BCUT2D eigenvalue weighted by molar-refractivity contribution is -0.127. The lowest BCUT2D eigenvalue weighted by Crippen LogP contribution is -2.30. The maximum Gasteiger partial charge on any atom is 0.317 e. The molecule has 2 aliphatic rings. The first-order valence-corrected chi connectivity index (χ1v) is 7.90. The minimum Gasteiger partial charge on any atom is -0.342 e. The highest BCUT2D eigenvalue weighted by molar-refractivity contribution is 5.78. The second-order valence-corrected chi connectivity index (χ2v) is 6.26. The van der Waals surface area contributed by atoms with E-state index in [0.717, 1.165) is 52.0 Å². The molecule has 0 saturated carbocycles. The van der Waals surface area contributed by atoms with Gasteiger partial charge in [-0.3, -0.25) is 4.79 Å². The number of likely N-dealkylation sites (tertiary alicyclic amines) is 1. The average Bonchev–Trinajstić information content (AvgIpc) is 2.95. The van der Waals surface area contributed by atoms with Crippen molar-refractivity contribution in [3.05, 3.63) is 0 Å². The second-order valence-electron chi connectivity index (χ2n) is 6.26. The summed E-state index contributed by atoms with van der Waals surface area (Å²) in [5, 5.41) is 2.83. The molecule has 2 aliphatic heterocycles. The fourth-order valence-corrected chi connectivity index (χ4v) is 3.29. The van der Waals surface area contributed by atoms with E-state index in [1.807, 2.05) is 9.80 Å². The van der Waals surface area contributed by atoms with Crippen molar-refractivity contribution in [3.63, 3.8) is 0 Å². The van der Waals surface area contributed by atoms with Crippen molar-refractivity contribution in [2.45, 2.75) is 39.5 Å². The molecule has 0 radical (unpaired) electrons. The van der Waals surface area contributed by atoms with E-state index in [9.17, 15) is 9.59 Å². The van der Waals surface area contributed by atoms with Crippen molar-refractivity contribution >= 4 is 11.9 Å². The van der Waals surface area contributed by atoms with E-state index >= 15 is 0 Å². The van der Waals surface area contributed by atoms with Gasteiger partial charge in [0, 0.05) is 39.1 Å². The first-order chi connectivity index (χ1) is 9.60. The minimum atomic E-state index is 0.0716. The van der Waals surface area contributed by atoms with Crippen LogP contribution in [-0.2, 0) is 4.79 Å². The molecule has 20 heavy (non-hydrogen) atoms. The van der Waals surface area contributed by atoms with Crippen LogP contribution in [0.2, 0.25) is 0 Å². The van der Waals surface area contributed by atoms with Crippen LogP contribution in [0.15, 0.2) is 0 Å². The highest BCUT2D eigenvalue weighted by atomic mass is 16.2. The van der Waals surface area contributed by atoms with E-state index in [-0.39, 0.29) is 6.03 Å². The first-order valence-electron chi connectivity index (χ1n) is 7.90. The van der Waals surface area contributed by atoms with Crippen LogP contribution in [0, 0.1) is 11.8 Å². The molecule has 3 amide bonds. The molecule has 2 heterocycles. The fourth-order valence-electron chi connectivity index (χ4n) is 3.29. The van der Waals surface area contributed by atoms with E-state index in [1.165, 1.54) is 0 Å². The number of carbonyl (C=O) groups excluding carboxylic acids is 2. The Bertz CT molecular complexity index is 359. The minimum absolute atomic E-state index is 0.0716. The van der Waals surface area contributed by atoms with Gasteiger partial charge in [0.25, 0.3) is 0 Å². The summed E-state index contributed by atoms with van der Waals surface area (Å²) in [6, 6.07) is 0.0716. The van der Waals surface area contributed by atoms with Crippen LogP contribution < -0.4 is 5.32 Å². The van der Waals surface area contributed by atoms with E-state index in [4.69, 9.17) is 0 Å². The monoisotopic (exact) mass is 281 g/mol. The molecule has 0 aromatic heterocycles. The van der Waals surface area contributed by atoms with Crippen molar-refractivity contribution in [1.29, 1.82) is 0 Å². The number of carbonyl (C=O) groups is 2. The summed E-state index contributed by atoms with van der Waals surface area (Å²) in [5.74, 6) is 1.40. The maximum atomic E-state index is 11.8. The molecule has 0 aromatic carbocycles. The summed E-state index contributed by atoms with van der Waals surface area (Å²) in [6.07, 6.45) is 3.89. The topological polar surface area (TPSA) is 52.6 Å². The number of urea groups is 1. The van der Waals surface area contributed by atoms with Crippen molar-refractivity contribution in [2.75, 3.05) is 32.7 Å². The van der Waals surface area contributed by atoms with Crippen LogP contribution in [0.3, 0.4) is 0 Å². The van der Waals surface area contributed by atoms with Gasteiger partial charge in [0.05, 0.1) is 0 Å². The fraction of sp³-hybridized carbons (Fsp3) is 0.867. The van der Waals surface area contributed by atoms with Gasteiger partial charge in [-0.1, -0.05) is 13.8 Å². The smallest absolute Gasteiger partial charge is 0.317 e. The summed E-state index contributed by atoms with van der Waals surface area (Å²) >= 11 is 0. The molecular formula is C15H27N3O2. The number of nitrogens with zero attached hydrogens (tertiary/aromatic N) is 2. The molecule has 2 unspecified atom stereocenters. The Morgan fingerprint density at radius 3 is 2.75 bits per heavy atom. The number of hydrogen-bond donors (Lipinski definition) is 1. The highest BCUT2D eigenvalue weighted by Gasteiger charge is 2.30. The zero-order valence-corrected chi connectivity index (χ0v) is 12.7. The zero-order chi connectivity index (χ0) is 14.5. The van der Waals surface area contributed by atoms with E-state index in [0.29, 0.717) is 24.2 Å². The van der Waals surface area contributed by atoms with Gasteiger partial charge in [0.1, 0.15) is 0 Å². The Hall–Kier alpha value is -1.26. The summed E-state index contributed by atoms with van der Waals surface area (Å²) in [4.78, 5) is 27.2. The van der Waals surface area contributed by atoms with Gasteiger partial charge < -0.3 is 15.1 Å². The molecule has 0 aromatic rings. The van der Waals surface area contributed by atoms with Gasteiger partial charge in [-0.15, -0.1) is 0 Å². The van der Waals surface area contributed by atoms with Crippen LogP contribution in [0.5, 0.6) is 0 Å². The highest BCUT2D eigenvalue weighted by Crippen LogP contribution is 2.26. The summed E-state index contributed by atoms with van der Waals surface area (Å²) in [5.41, 5.74) is 0. The molecule has 2 saturated heterocycles. The third-order valence-electron chi connectivity index (χ3n) is 4.36. The van der Waals surface area contributed by atoms with E-state index < -0.39 is 0 Å². The largest absolute Gasteiger partial charge is 0.342 e. The Labute approximate surface area is 121 Å². The number of amides is 3. The Kier molecular flexibility index (Phi) is 5.26. The quantitative estimate of drug-likeness (QED) is 0.772. The summed E-state index contributed by atoms with van der Waals surface area (Å²) in [6.45, 7) is 8.63. The van der Waals surface area contributed by atoms with Gasteiger partial charge >= 0.3 is 6.03 Å². The van der Waals surface area contributed by atoms with Crippen LogP contribution in [0.25, 0.3) is 0 Å². The molecule has 0 bridgehead atoms. The normalized spacial score (nSPS) is 24.4. The van der Waals surface area contributed by atoms with Crippen LogP contribution in [0.4, 0.5) is 4.79 Å². The molecule has 0 aliphatic carbocycles. The van der Waals surface area contributed by atoms with Crippen LogP contribution in [0.1, 0.15) is 39.5 Å². The van der Waals surface area contributed by atoms with Gasteiger partial charge in [0.15, 0.2) is 0 Å². The third kappa shape index (κ3) is 3.87. The van der Waals surface area contributed by atoms with Gasteiger partial charge in [-0.25, -0.2) is 4.79 Å². The van der Waals surface area contributed by atoms with Gasteiger partial charge in [0.2, 0.25) is 5.91 Å². The maximum absolute atomic E-state index is 11.8. The number of nitrogens with one attached hydrogen (secondary N) is 1. The molecule has 2 atom stereocenters. The number of rotatable bonds is 7. The summed E-state index contributed by atoms with van der Waals surface area (Å²) in [7, 11) is 0. The van der Waals surface area contributed by atoms with Crippen molar-refractivity contribution in [2.24, 2.45) is 11.8 Å². The lowest BCUT2D eigenvalue weighted by Gasteiger charge is -2.20. The van der Waals surface area contributed by atoms with Crippen LogP contribution >= 0.6 is 0 Å². The van der Waals surface area contributed by atoms with Crippen molar-refractivity contribution < 1.29 is 9.59 Å². The Balaban J connectivity index is 1.68. The molecule has 5 heteroatoms. The average molecular weight is 281 g/mol. The van der Waals surface area contributed by atoms with Gasteiger partial charge in [-0.2, -0.15) is 0 Å². The van der Waals surface area contributed by atoms with E-state index in [2.05, 4.69) is 19.2 Å². The second kappa shape index (κ2) is 6.95. The van der Waals surface area contributed by atoms with Gasteiger partial charge in [-0.05, 0) is 31.1 Å². The SMILES string of the molecule is CCCN1CC(CC(C)CCN2CCNC2=O)CC1=O. The Morgan fingerprint density at radius 2 is 2.10 bits per heavy atom. The molecule has 1 N–H and O–H groups in total. The molecule has 5 nitrogen and oxygen atoms in total. The third-order valence-corrected chi connectivity index (χ3v) is 4.36. The first kappa shape index (κ1) is 15.1. The molecule has 2 fully saturated rings. The van der Waals surface area contributed by atoms with Crippen LogP contribution in [-0.4, -0.2) is 54.5 Å².